The van der Waals surface area contributed by atoms with Gasteiger partial charge in [0.25, 0.3) is 5.19 Å². The highest BCUT2D eigenvalue weighted by Crippen LogP contribution is 2.70. The van der Waals surface area contributed by atoms with Gasteiger partial charge >= 0.3 is 0 Å². The lowest BCUT2D eigenvalue weighted by Gasteiger charge is -2.39. The van der Waals surface area contributed by atoms with Crippen molar-refractivity contribution in [2.75, 3.05) is 7.05 Å². The summed E-state index contributed by atoms with van der Waals surface area (Å²) in [5, 5.41) is 23.6. The predicted octanol–water partition coefficient (Wildman–Crippen LogP) is 3.40. The van der Waals surface area contributed by atoms with Crippen LogP contribution in [0.3, 0.4) is 0 Å². The van der Waals surface area contributed by atoms with Gasteiger partial charge in [-0.05, 0) is 32.2 Å². The number of ether oxygens (including phenoxy) is 1. The summed E-state index contributed by atoms with van der Waals surface area (Å²) in [5.74, 6) is 0.0171. The van der Waals surface area contributed by atoms with Gasteiger partial charge in [0, 0.05) is 25.1 Å². The lowest BCUT2D eigenvalue weighted by atomic mass is 9.94. The van der Waals surface area contributed by atoms with Gasteiger partial charge in [0.2, 0.25) is 0 Å². The second-order valence-electron chi connectivity index (χ2n) is 8.78. The molecular formula is C21H20F3N5O2S. The Morgan fingerprint density at radius 1 is 1.16 bits per heavy atom. The fourth-order valence-electron chi connectivity index (χ4n) is 5.34. The molecule has 0 spiro atoms. The highest BCUT2D eigenvalue weighted by atomic mass is 32.1. The minimum Gasteiger partial charge on any atom is -0.507 e. The molecule has 1 aromatic carbocycles. The molecule has 168 valence electrons. The zero-order chi connectivity index (χ0) is 22.4. The number of benzene rings is 1. The number of aryl methyl sites for hydroxylation is 1. The fourth-order valence-corrected chi connectivity index (χ4v) is 6.14. The Kier molecular flexibility index (Phi) is 4.02. The van der Waals surface area contributed by atoms with E-state index < -0.39 is 35.7 Å². The third-order valence-corrected chi connectivity index (χ3v) is 7.89. The molecule has 2 saturated heterocycles. The topological polar surface area (TPSA) is 76.3 Å². The maximum atomic E-state index is 14.9. The van der Waals surface area contributed by atoms with Crippen LogP contribution < -0.4 is 4.74 Å². The molecule has 2 bridgehead atoms. The molecule has 1 aliphatic carbocycles. The molecule has 0 amide bonds. The average Bonchev–Trinajstić information content (AvgIpc) is 3.24. The number of piperidine rings is 2. The van der Waals surface area contributed by atoms with Crippen molar-refractivity contribution in [1.29, 1.82) is 0 Å². The monoisotopic (exact) mass is 463 g/mol. The number of aromatic hydroxyl groups is 1. The second-order valence-corrected chi connectivity index (χ2v) is 9.72. The van der Waals surface area contributed by atoms with Gasteiger partial charge in [-0.3, -0.25) is 4.90 Å². The molecule has 4 heterocycles. The molecule has 1 saturated carbocycles. The highest BCUT2D eigenvalue weighted by Gasteiger charge is 2.93. The Morgan fingerprint density at radius 2 is 1.88 bits per heavy atom. The number of rotatable bonds is 4. The van der Waals surface area contributed by atoms with Crippen molar-refractivity contribution in [2.45, 2.75) is 55.5 Å². The molecule has 2 aromatic heterocycles. The van der Waals surface area contributed by atoms with Crippen LogP contribution in [-0.4, -0.2) is 72.7 Å². The standard InChI is InChI=1S/C21H20F3N5O2S/c1-10-5-6-29(27-10)11-3-4-13(14(30)7-11)17-25-26-19(32-17)31-12-8-15-20(23)18(22)21(20,24)16(9-12)28(15)2/h3-7,12,15-16,18,30H,8-9H2,1-2H3. The molecule has 0 radical (unpaired) electrons. The first-order valence-electron chi connectivity index (χ1n) is 10.3. The number of phenolic OH excluding ortho intramolecular Hbond substituents is 1. The summed E-state index contributed by atoms with van der Waals surface area (Å²) in [6.07, 6.45) is -0.400. The van der Waals surface area contributed by atoms with Crippen LogP contribution in [0.1, 0.15) is 18.5 Å². The van der Waals surface area contributed by atoms with E-state index in [1.54, 1.807) is 41.0 Å². The number of phenols is 1. The van der Waals surface area contributed by atoms with Gasteiger partial charge in [-0.1, -0.05) is 16.4 Å². The molecule has 4 atom stereocenters. The third kappa shape index (κ3) is 2.49. The Bertz CT molecular complexity index is 1190. The average molecular weight is 463 g/mol. The Labute approximate surface area is 185 Å². The molecule has 3 aromatic rings. The van der Waals surface area contributed by atoms with Crippen LogP contribution in [0, 0.1) is 6.92 Å². The number of nitrogens with zero attached hydrogens (tertiary/aromatic N) is 5. The minimum atomic E-state index is -2.45. The second kappa shape index (κ2) is 6.44. The number of alkyl halides is 3. The number of halogens is 3. The van der Waals surface area contributed by atoms with Gasteiger partial charge in [-0.2, -0.15) is 5.10 Å². The van der Waals surface area contributed by atoms with Crippen LogP contribution >= 0.6 is 11.3 Å². The van der Waals surface area contributed by atoms with Gasteiger partial charge < -0.3 is 9.84 Å². The summed E-state index contributed by atoms with van der Waals surface area (Å²) in [7, 11) is 1.63. The van der Waals surface area contributed by atoms with Crippen LogP contribution in [0.15, 0.2) is 30.5 Å². The van der Waals surface area contributed by atoms with E-state index in [-0.39, 0.29) is 23.8 Å². The van der Waals surface area contributed by atoms with Crippen molar-refractivity contribution in [3.63, 3.8) is 0 Å². The van der Waals surface area contributed by atoms with Crippen molar-refractivity contribution in [3.8, 4) is 27.2 Å². The van der Waals surface area contributed by atoms with Crippen LogP contribution in [0.2, 0.25) is 0 Å². The zero-order valence-electron chi connectivity index (χ0n) is 17.2. The van der Waals surface area contributed by atoms with Crippen molar-refractivity contribution >= 4 is 11.3 Å². The lowest BCUT2D eigenvalue weighted by molar-refractivity contribution is 0.00197. The van der Waals surface area contributed by atoms with Gasteiger partial charge in [0.15, 0.2) is 22.5 Å². The van der Waals surface area contributed by atoms with E-state index in [0.717, 1.165) is 17.0 Å². The fraction of sp³-hybridized carbons (Fsp3) is 0.476. The molecular weight excluding hydrogens is 443 g/mol. The van der Waals surface area contributed by atoms with Crippen molar-refractivity contribution in [2.24, 2.45) is 0 Å². The summed E-state index contributed by atoms with van der Waals surface area (Å²) >= 11 is 1.13. The van der Waals surface area contributed by atoms with E-state index in [0.29, 0.717) is 16.3 Å². The molecule has 2 aliphatic heterocycles. The van der Waals surface area contributed by atoms with E-state index in [1.807, 2.05) is 13.0 Å². The lowest BCUT2D eigenvalue weighted by Crippen LogP contribution is -2.52. The van der Waals surface area contributed by atoms with Gasteiger partial charge in [-0.15, -0.1) is 5.10 Å². The van der Waals surface area contributed by atoms with Gasteiger partial charge in [-0.25, -0.2) is 17.9 Å². The number of aromatic nitrogens is 4. The van der Waals surface area contributed by atoms with E-state index >= 15 is 0 Å². The molecule has 1 N–H and O–H groups in total. The molecule has 32 heavy (non-hydrogen) atoms. The third-order valence-electron chi connectivity index (χ3n) is 7.04. The van der Waals surface area contributed by atoms with Crippen molar-refractivity contribution in [1.82, 2.24) is 24.9 Å². The smallest absolute Gasteiger partial charge is 0.294 e. The summed E-state index contributed by atoms with van der Waals surface area (Å²) in [6.45, 7) is 1.88. The molecule has 11 heteroatoms. The summed E-state index contributed by atoms with van der Waals surface area (Å²) in [6, 6.07) is 5.25. The van der Waals surface area contributed by atoms with Crippen LogP contribution in [0.5, 0.6) is 10.9 Å². The summed E-state index contributed by atoms with van der Waals surface area (Å²) in [5.41, 5.74) is -2.85. The van der Waals surface area contributed by atoms with E-state index in [4.69, 9.17) is 4.74 Å². The molecule has 4 unspecified atom stereocenters. The largest absolute Gasteiger partial charge is 0.507 e. The van der Waals surface area contributed by atoms with Crippen LogP contribution in [0.4, 0.5) is 13.2 Å². The van der Waals surface area contributed by atoms with Crippen molar-refractivity contribution < 1.29 is 23.0 Å². The van der Waals surface area contributed by atoms with E-state index in [1.165, 1.54) is 0 Å². The SMILES string of the molecule is Cc1ccn(-c2ccc(-c3nnc(OC4CC5N(C)C(C4)C4(F)C(F)C54F)s3)c(O)c2)n1. The Morgan fingerprint density at radius 3 is 2.50 bits per heavy atom. The predicted molar refractivity (Wildman–Crippen MR) is 110 cm³/mol. The summed E-state index contributed by atoms with van der Waals surface area (Å²) in [4.78, 5) is 1.60. The first kappa shape index (κ1) is 20.0. The molecule has 6 rings (SSSR count). The van der Waals surface area contributed by atoms with Crippen molar-refractivity contribution in [3.05, 3.63) is 36.2 Å². The van der Waals surface area contributed by atoms with Gasteiger partial charge in [0.05, 0.1) is 29.0 Å². The van der Waals surface area contributed by atoms with Crippen LogP contribution in [0.25, 0.3) is 16.3 Å². The molecule has 7 nitrogen and oxygen atoms in total. The number of hydrogen-bond donors (Lipinski definition) is 1. The Hall–Kier alpha value is -2.66. The maximum Gasteiger partial charge on any atom is 0.294 e. The first-order chi connectivity index (χ1) is 15.2. The molecule has 3 aliphatic rings. The molecule has 3 fully saturated rings. The van der Waals surface area contributed by atoms with Gasteiger partial charge in [0.1, 0.15) is 11.9 Å². The number of hydrogen-bond acceptors (Lipinski definition) is 7. The van der Waals surface area contributed by atoms with E-state index in [9.17, 15) is 18.3 Å². The first-order valence-corrected chi connectivity index (χ1v) is 11.1. The Balaban J connectivity index is 1.19. The summed E-state index contributed by atoms with van der Waals surface area (Å²) < 4.78 is 51.3. The highest BCUT2D eigenvalue weighted by molar-refractivity contribution is 7.16. The van der Waals surface area contributed by atoms with E-state index in [2.05, 4.69) is 15.3 Å². The zero-order valence-corrected chi connectivity index (χ0v) is 18.1. The normalized spacial score (nSPS) is 35.7. The minimum absolute atomic E-state index is 0.0171. The number of fused-ring (bicyclic) bond motifs is 5. The van der Waals surface area contributed by atoms with Crippen LogP contribution in [-0.2, 0) is 0 Å². The quantitative estimate of drug-likeness (QED) is 0.639. The maximum absolute atomic E-state index is 14.9.